The van der Waals surface area contributed by atoms with Crippen molar-refractivity contribution in [3.05, 3.63) is 47.8 Å². The third-order valence-corrected chi connectivity index (χ3v) is 8.48. The molecular formula is C21H23FN4O5S. The standard InChI is InChI=1S/C21H23FN4O5S/c1-20(2)19(23)26-21(11-32(20,28)29)7-8-30-17-6-3-13(9-15(17)21)25-18(27)16-5-4-14(10-24-16)31-12-22/h3-6,9-10H,7-8,11-12H2,1-2H3,(H2,23,26)(H,25,27). The van der Waals surface area contributed by atoms with E-state index in [0.29, 0.717) is 30.0 Å². The van der Waals surface area contributed by atoms with Gasteiger partial charge in [0.05, 0.1) is 18.6 Å². The number of sulfone groups is 1. The maximum Gasteiger partial charge on any atom is 0.274 e. The number of hydrogen-bond donors (Lipinski definition) is 2. The molecule has 1 unspecified atom stereocenters. The molecule has 0 bridgehead atoms. The smallest absolute Gasteiger partial charge is 0.274 e. The molecule has 0 radical (unpaired) electrons. The van der Waals surface area contributed by atoms with Crippen molar-refractivity contribution < 1.29 is 27.1 Å². The molecule has 2 aliphatic heterocycles. The number of ether oxygens (including phenoxy) is 2. The first-order chi connectivity index (χ1) is 15.1. The Kier molecular flexibility index (Phi) is 5.32. The number of aromatic nitrogens is 1. The van der Waals surface area contributed by atoms with Gasteiger partial charge < -0.3 is 20.5 Å². The predicted octanol–water partition coefficient (Wildman–Crippen LogP) is 2.18. The normalized spacial score (nSPS) is 22.9. The second-order valence-corrected chi connectivity index (χ2v) is 10.7. The molecule has 0 saturated heterocycles. The van der Waals surface area contributed by atoms with E-state index in [1.54, 1.807) is 32.0 Å². The van der Waals surface area contributed by atoms with Crippen molar-refractivity contribution in [2.24, 2.45) is 10.7 Å². The van der Waals surface area contributed by atoms with Crippen molar-refractivity contribution in [2.75, 3.05) is 24.5 Å². The van der Waals surface area contributed by atoms with E-state index in [2.05, 4.69) is 20.0 Å². The van der Waals surface area contributed by atoms with E-state index in [0.717, 1.165) is 0 Å². The van der Waals surface area contributed by atoms with Crippen molar-refractivity contribution in [1.82, 2.24) is 4.98 Å². The zero-order valence-electron chi connectivity index (χ0n) is 17.6. The molecular weight excluding hydrogens is 439 g/mol. The summed E-state index contributed by atoms with van der Waals surface area (Å²) < 4.78 is 47.4. The number of nitrogens with one attached hydrogen (secondary N) is 1. The van der Waals surface area contributed by atoms with Crippen LogP contribution in [0.15, 0.2) is 41.5 Å². The molecule has 1 spiro atoms. The number of halogens is 1. The summed E-state index contributed by atoms with van der Waals surface area (Å²) in [6, 6.07) is 7.80. The molecule has 32 heavy (non-hydrogen) atoms. The van der Waals surface area contributed by atoms with Gasteiger partial charge in [-0.1, -0.05) is 0 Å². The highest BCUT2D eigenvalue weighted by molar-refractivity contribution is 7.93. The van der Waals surface area contributed by atoms with Gasteiger partial charge >= 0.3 is 0 Å². The number of pyridine rings is 1. The first-order valence-corrected chi connectivity index (χ1v) is 11.5. The molecule has 0 saturated carbocycles. The number of benzene rings is 1. The van der Waals surface area contributed by atoms with Gasteiger partial charge in [-0.3, -0.25) is 9.79 Å². The monoisotopic (exact) mass is 462 g/mol. The quantitative estimate of drug-likeness (QED) is 0.711. The lowest BCUT2D eigenvalue weighted by molar-refractivity contribution is 0.102. The van der Waals surface area contributed by atoms with E-state index >= 15 is 0 Å². The summed E-state index contributed by atoms with van der Waals surface area (Å²) in [6.45, 7) is 2.39. The van der Waals surface area contributed by atoms with Gasteiger partial charge in [0, 0.05) is 17.7 Å². The van der Waals surface area contributed by atoms with Crippen molar-refractivity contribution >= 4 is 27.3 Å². The average Bonchev–Trinajstić information content (AvgIpc) is 2.74. The van der Waals surface area contributed by atoms with Crippen LogP contribution >= 0.6 is 0 Å². The van der Waals surface area contributed by atoms with Crippen molar-refractivity contribution in [3.63, 3.8) is 0 Å². The minimum Gasteiger partial charge on any atom is -0.493 e. The summed E-state index contributed by atoms with van der Waals surface area (Å²) in [5, 5.41) is 2.73. The summed E-state index contributed by atoms with van der Waals surface area (Å²) in [5.74, 6) is 0.0353. The maximum atomic E-state index is 13.0. The van der Waals surface area contributed by atoms with Gasteiger partial charge in [-0.15, -0.1) is 0 Å². The molecule has 11 heteroatoms. The Hall–Kier alpha value is -3.21. The van der Waals surface area contributed by atoms with Crippen LogP contribution in [0.25, 0.3) is 0 Å². The summed E-state index contributed by atoms with van der Waals surface area (Å²) in [5.41, 5.74) is 6.07. The van der Waals surface area contributed by atoms with Gasteiger partial charge in [0.2, 0.25) is 6.86 Å². The van der Waals surface area contributed by atoms with Crippen molar-refractivity contribution in [1.29, 1.82) is 0 Å². The van der Waals surface area contributed by atoms with E-state index in [-0.39, 0.29) is 23.0 Å². The van der Waals surface area contributed by atoms with Gasteiger partial charge in [0.25, 0.3) is 5.91 Å². The zero-order valence-corrected chi connectivity index (χ0v) is 18.4. The molecule has 4 rings (SSSR count). The summed E-state index contributed by atoms with van der Waals surface area (Å²) >= 11 is 0. The lowest BCUT2D eigenvalue weighted by Crippen LogP contribution is -2.56. The van der Waals surface area contributed by atoms with E-state index in [1.807, 2.05) is 0 Å². The van der Waals surface area contributed by atoms with Crippen LogP contribution in [0.1, 0.15) is 36.3 Å². The first-order valence-electron chi connectivity index (χ1n) is 9.90. The number of rotatable bonds is 4. The van der Waals surface area contributed by atoms with Crippen molar-refractivity contribution in [2.45, 2.75) is 30.6 Å². The third-order valence-electron chi connectivity index (χ3n) is 5.86. The number of amidine groups is 1. The van der Waals surface area contributed by atoms with Gasteiger partial charge in [0.1, 0.15) is 33.3 Å². The number of aliphatic imine (C=N–C) groups is 1. The van der Waals surface area contributed by atoms with Gasteiger partial charge in [-0.05, 0) is 44.2 Å². The summed E-state index contributed by atoms with van der Waals surface area (Å²) in [7, 11) is -3.60. The van der Waals surface area contributed by atoms with Crippen LogP contribution in [0.4, 0.5) is 10.1 Å². The first kappa shape index (κ1) is 22.0. The highest BCUT2D eigenvalue weighted by atomic mass is 32.2. The number of carbonyl (C=O) groups is 1. The maximum absolute atomic E-state index is 13.0. The molecule has 0 fully saturated rings. The fraction of sp³-hybridized carbons (Fsp3) is 0.381. The second kappa shape index (κ2) is 7.73. The molecule has 3 heterocycles. The number of nitrogens with two attached hydrogens (primary N) is 1. The fourth-order valence-electron chi connectivity index (χ4n) is 3.74. The average molecular weight is 463 g/mol. The predicted molar refractivity (Wildman–Crippen MR) is 117 cm³/mol. The Morgan fingerprint density at radius 2 is 2.09 bits per heavy atom. The SMILES string of the molecule is CC1(C)C(N)=NC2(CCOc3ccc(NC(=O)c4ccc(OCF)cn4)cc32)CS1(=O)=O. The Balaban J connectivity index is 1.67. The molecule has 1 amide bonds. The Bertz CT molecular complexity index is 1200. The minimum atomic E-state index is -3.60. The largest absolute Gasteiger partial charge is 0.493 e. The van der Waals surface area contributed by atoms with Gasteiger partial charge in [0.15, 0.2) is 9.84 Å². The van der Waals surface area contributed by atoms with Gasteiger partial charge in [-0.2, -0.15) is 0 Å². The fourth-order valence-corrected chi connectivity index (χ4v) is 5.46. The Morgan fingerprint density at radius 1 is 1.31 bits per heavy atom. The van der Waals surface area contributed by atoms with Crippen LogP contribution in [0.2, 0.25) is 0 Å². The van der Waals surface area contributed by atoms with Crippen LogP contribution in [0.5, 0.6) is 11.5 Å². The summed E-state index contributed by atoms with van der Waals surface area (Å²) in [4.78, 5) is 21.2. The second-order valence-electron chi connectivity index (χ2n) is 8.19. The molecule has 2 aromatic rings. The molecule has 1 aromatic carbocycles. The molecule has 1 aromatic heterocycles. The van der Waals surface area contributed by atoms with Crippen LogP contribution in [0, 0.1) is 0 Å². The molecule has 2 aliphatic rings. The van der Waals surface area contributed by atoms with E-state index in [4.69, 9.17) is 10.5 Å². The Morgan fingerprint density at radius 3 is 2.75 bits per heavy atom. The lowest BCUT2D eigenvalue weighted by atomic mass is 9.85. The molecule has 1 atom stereocenters. The number of amides is 1. The molecule has 0 aliphatic carbocycles. The number of carbonyl (C=O) groups excluding carboxylic acids is 1. The van der Waals surface area contributed by atoms with E-state index in [1.165, 1.54) is 18.3 Å². The number of nitrogens with zero attached hydrogens (tertiary/aromatic N) is 2. The highest BCUT2D eigenvalue weighted by Crippen LogP contribution is 2.46. The third kappa shape index (κ3) is 3.66. The van der Waals surface area contributed by atoms with Crippen LogP contribution in [-0.4, -0.2) is 49.1 Å². The van der Waals surface area contributed by atoms with Crippen molar-refractivity contribution in [3.8, 4) is 11.5 Å². The van der Waals surface area contributed by atoms with E-state index in [9.17, 15) is 17.6 Å². The number of alkyl halides is 1. The lowest BCUT2D eigenvalue weighted by Gasteiger charge is -2.42. The van der Waals surface area contributed by atoms with Crippen LogP contribution in [0.3, 0.4) is 0 Å². The minimum absolute atomic E-state index is 0.0471. The topological polar surface area (TPSA) is 133 Å². The zero-order chi connectivity index (χ0) is 23.1. The summed E-state index contributed by atoms with van der Waals surface area (Å²) in [6.07, 6.45) is 1.58. The van der Waals surface area contributed by atoms with Crippen LogP contribution < -0.4 is 20.5 Å². The number of hydrogen-bond acceptors (Lipinski definition) is 8. The molecule has 9 nitrogen and oxygen atoms in total. The number of fused-ring (bicyclic) bond motifs is 2. The van der Waals surface area contributed by atoms with Crippen LogP contribution in [-0.2, 0) is 15.4 Å². The van der Waals surface area contributed by atoms with Gasteiger partial charge in [-0.25, -0.2) is 17.8 Å². The molecule has 3 N–H and O–H groups in total. The molecule has 170 valence electrons. The Labute approximate surface area is 184 Å². The number of anilines is 1. The van der Waals surface area contributed by atoms with E-state index < -0.39 is 32.9 Å². The highest BCUT2D eigenvalue weighted by Gasteiger charge is 2.52.